The molecule has 0 aliphatic carbocycles. The van der Waals surface area contributed by atoms with Crippen molar-refractivity contribution in [2.75, 3.05) is 26.2 Å². The van der Waals surface area contributed by atoms with E-state index in [2.05, 4.69) is 10.1 Å². The summed E-state index contributed by atoms with van der Waals surface area (Å²) >= 11 is 5.88. The van der Waals surface area contributed by atoms with E-state index in [1.807, 2.05) is 60.7 Å². The van der Waals surface area contributed by atoms with Gasteiger partial charge in [0, 0.05) is 36.8 Å². The fourth-order valence-electron chi connectivity index (χ4n) is 3.95. The van der Waals surface area contributed by atoms with Crippen LogP contribution in [0.1, 0.15) is 10.6 Å². The van der Waals surface area contributed by atoms with Gasteiger partial charge in [0.25, 0.3) is 5.91 Å². The third-order valence-electron chi connectivity index (χ3n) is 5.81. The number of halogens is 1. The van der Waals surface area contributed by atoms with Crippen molar-refractivity contribution in [3.8, 4) is 17.1 Å². The highest BCUT2D eigenvalue weighted by Gasteiger charge is 2.32. The second-order valence-electron chi connectivity index (χ2n) is 8.02. The number of carbonyl (C=O) groups is 1. The summed E-state index contributed by atoms with van der Waals surface area (Å²) in [7, 11) is -3.67. The first-order valence-corrected chi connectivity index (χ1v) is 12.9. The number of para-hydroxylation sites is 1. The van der Waals surface area contributed by atoms with Gasteiger partial charge >= 0.3 is 0 Å². The molecule has 1 amide bonds. The van der Waals surface area contributed by atoms with Crippen LogP contribution in [0.2, 0.25) is 5.02 Å². The van der Waals surface area contributed by atoms with Gasteiger partial charge in [-0.1, -0.05) is 60.1 Å². The van der Waals surface area contributed by atoms with Gasteiger partial charge < -0.3 is 4.90 Å². The average molecular weight is 508 g/mol. The molecule has 1 saturated heterocycles. The first kappa shape index (κ1) is 23.2. The highest BCUT2D eigenvalue weighted by atomic mass is 35.5. The van der Waals surface area contributed by atoms with Crippen LogP contribution >= 0.6 is 11.6 Å². The number of sulfonamides is 1. The molecule has 0 unspecified atom stereocenters. The third-order valence-corrected chi connectivity index (χ3v) is 7.97. The number of piperazine rings is 1. The summed E-state index contributed by atoms with van der Waals surface area (Å²) in [5.74, 6) is 0.297. The maximum absolute atomic E-state index is 13.3. The van der Waals surface area contributed by atoms with Crippen molar-refractivity contribution in [2.45, 2.75) is 4.90 Å². The fraction of sp³-hybridized carbons (Fsp3) is 0.160. The monoisotopic (exact) mass is 507 g/mol. The van der Waals surface area contributed by atoms with Gasteiger partial charge in [-0.2, -0.15) is 4.31 Å². The number of aromatic nitrogens is 3. The maximum atomic E-state index is 13.3. The molecule has 8 nitrogen and oxygen atoms in total. The Kier molecular flexibility index (Phi) is 6.38. The largest absolute Gasteiger partial charge is 0.333 e. The minimum Gasteiger partial charge on any atom is -0.333 e. The summed E-state index contributed by atoms with van der Waals surface area (Å²) in [6.45, 7) is 0.849. The topological polar surface area (TPSA) is 88.4 Å². The molecule has 1 fully saturated rings. The van der Waals surface area contributed by atoms with Crippen LogP contribution in [0.15, 0.2) is 89.8 Å². The minimum absolute atomic E-state index is 0.0710. The Hall–Kier alpha value is -3.53. The SMILES string of the molecule is O=C(c1nc(-c2ccccc2)n(-c2ccccc2)n1)N1CCN(S(=O)(=O)c2ccc(Cl)cc2)CC1. The van der Waals surface area contributed by atoms with Crippen LogP contribution in [0.3, 0.4) is 0 Å². The van der Waals surface area contributed by atoms with Crippen molar-refractivity contribution < 1.29 is 13.2 Å². The van der Waals surface area contributed by atoms with E-state index in [9.17, 15) is 13.2 Å². The minimum atomic E-state index is -3.67. The van der Waals surface area contributed by atoms with Crippen LogP contribution in [0, 0.1) is 0 Å². The van der Waals surface area contributed by atoms with Crippen molar-refractivity contribution in [2.24, 2.45) is 0 Å². The molecule has 1 aliphatic heterocycles. The van der Waals surface area contributed by atoms with Gasteiger partial charge in [0.05, 0.1) is 10.6 Å². The molecule has 0 bridgehead atoms. The second-order valence-corrected chi connectivity index (χ2v) is 10.4. The van der Waals surface area contributed by atoms with Crippen LogP contribution in [0.5, 0.6) is 0 Å². The van der Waals surface area contributed by atoms with Gasteiger partial charge in [0.15, 0.2) is 5.82 Å². The summed E-state index contributed by atoms with van der Waals surface area (Å²) in [5.41, 5.74) is 1.62. The molecule has 1 aromatic heterocycles. The first-order chi connectivity index (χ1) is 16.9. The molecule has 0 saturated carbocycles. The van der Waals surface area contributed by atoms with Gasteiger partial charge in [-0.05, 0) is 36.4 Å². The number of amides is 1. The average Bonchev–Trinajstić information content (AvgIpc) is 3.35. The van der Waals surface area contributed by atoms with Crippen LogP contribution in [-0.2, 0) is 10.0 Å². The Morgan fingerprint density at radius 2 is 1.40 bits per heavy atom. The number of rotatable bonds is 5. The Morgan fingerprint density at radius 3 is 2.03 bits per heavy atom. The molecule has 0 atom stereocenters. The quantitative estimate of drug-likeness (QED) is 0.410. The molecule has 0 N–H and O–H groups in total. The number of nitrogens with zero attached hydrogens (tertiary/aromatic N) is 5. The van der Waals surface area contributed by atoms with E-state index >= 15 is 0 Å². The first-order valence-electron chi connectivity index (χ1n) is 11.1. The molecule has 5 rings (SSSR count). The van der Waals surface area contributed by atoms with Gasteiger partial charge in [0.2, 0.25) is 15.8 Å². The maximum Gasteiger partial charge on any atom is 0.293 e. The molecular formula is C25H22ClN5O3S. The van der Waals surface area contributed by atoms with Crippen LogP contribution in [0.25, 0.3) is 17.1 Å². The zero-order valence-electron chi connectivity index (χ0n) is 18.7. The number of hydrogen-bond donors (Lipinski definition) is 0. The van der Waals surface area contributed by atoms with E-state index in [0.29, 0.717) is 10.8 Å². The van der Waals surface area contributed by atoms with Gasteiger partial charge in [-0.25, -0.2) is 18.1 Å². The summed E-state index contributed by atoms with van der Waals surface area (Å²) in [6, 6.07) is 25.1. The highest BCUT2D eigenvalue weighted by Crippen LogP contribution is 2.23. The molecular weight excluding hydrogens is 486 g/mol. The van der Waals surface area contributed by atoms with E-state index in [0.717, 1.165) is 11.3 Å². The van der Waals surface area contributed by atoms with E-state index in [1.54, 1.807) is 21.7 Å². The molecule has 178 valence electrons. The predicted octanol–water partition coefficient (Wildman–Crippen LogP) is 3.73. The van der Waals surface area contributed by atoms with Gasteiger partial charge in [0.1, 0.15) is 0 Å². The molecule has 0 spiro atoms. The normalized spacial score (nSPS) is 14.7. The third kappa shape index (κ3) is 4.70. The number of benzene rings is 3. The zero-order chi connectivity index (χ0) is 24.4. The lowest BCUT2D eigenvalue weighted by Gasteiger charge is -2.33. The Balaban J connectivity index is 1.37. The molecule has 4 aromatic rings. The second kappa shape index (κ2) is 9.61. The van der Waals surface area contributed by atoms with Crippen LogP contribution < -0.4 is 0 Å². The van der Waals surface area contributed by atoms with E-state index < -0.39 is 10.0 Å². The van der Waals surface area contributed by atoms with Crippen molar-refractivity contribution in [3.05, 3.63) is 95.8 Å². The smallest absolute Gasteiger partial charge is 0.293 e. The van der Waals surface area contributed by atoms with E-state index in [4.69, 9.17) is 11.6 Å². The zero-order valence-corrected chi connectivity index (χ0v) is 20.2. The lowest BCUT2D eigenvalue weighted by Crippen LogP contribution is -2.50. The lowest BCUT2D eigenvalue weighted by molar-refractivity contribution is 0.0685. The molecule has 3 aromatic carbocycles. The van der Waals surface area contributed by atoms with Gasteiger partial charge in [-0.3, -0.25) is 4.79 Å². The predicted molar refractivity (Wildman–Crippen MR) is 133 cm³/mol. The van der Waals surface area contributed by atoms with Crippen LogP contribution in [-0.4, -0.2) is 64.5 Å². The standard InChI is InChI=1S/C25H22ClN5O3S/c26-20-11-13-22(14-12-20)35(33,34)30-17-15-29(16-18-30)25(32)23-27-24(19-7-3-1-4-8-19)31(28-23)21-9-5-2-6-10-21/h1-14H,15-18H2. The summed E-state index contributed by atoms with van der Waals surface area (Å²) in [5, 5.41) is 4.99. The summed E-state index contributed by atoms with van der Waals surface area (Å²) in [6.07, 6.45) is 0. The van der Waals surface area contributed by atoms with Crippen molar-refractivity contribution in [1.29, 1.82) is 0 Å². The lowest BCUT2D eigenvalue weighted by atomic mass is 10.2. The Bertz CT molecular complexity index is 1380. The summed E-state index contributed by atoms with van der Waals surface area (Å²) < 4.78 is 29.0. The molecule has 0 radical (unpaired) electrons. The number of carbonyl (C=O) groups excluding carboxylic acids is 1. The van der Waals surface area contributed by atoms with E-state index in [-0.39, 0.29) is 42.8 Å². The number of hydrogen-bond acceptors (Lipinski definition) is 5. The fourth-order valence-corrected chi connectivity index (χ4v) is 5.50. The van der Waals surface area contributed by atoms with E-state index in [1.165, 1.54) is 16.4 Å². The van der Waals surface area contributed by atoms with Crippen LogP contribution in [0.4, 0.5) is 0 Å². The molecule has 35 heavy (non-hydrogen) atoms. The Morgan fingerprint density at radius 1 is 0.800 bits per heavy atom. The molecule has 1 aliphatic rings. The molecule has 2 heterocycles. The summed E-state index contributed by atoms with van der Waals surface area (Å²) in [4.78, 5) is 19.6. The highest BCUT2D eigenvalue weighted by molar-refractivity contribution is 7.89. The van der Waals surface area contributed by atoms with Crippen molar-refractivity contribution >= 4 is 27.5 Å². The van der Waals surface area contributed by atoms with Crippen molar-refractivity contribution in [3.63, 3.8) is 0 Å². The van der Waals surface area contributed by atoms with Crippen molar-refractivity contribution in [1.82, 2.24) is 24.0 Å². The van der Waals surface area contributed by atoms with Gasteiger partial charge in [-0.15, -0.1) is 5.10 Å². The molecule has 10 heteroatoms. The Labute approximate surface area is 208 Å².